The van der Waals surface area contributed by atoms with Crippen LogP contribution in [-0.4, -0.2) is 29.0 Å². The van der Waals surface area contributed by atoms with Crippen molar-refractivity contribution in [3.8, 4) is 0 Å². The number of aromatic nitrogens is 1. The van der Waals surface area contributed by atoms with Crippen LogP contribution in [0.3, 0.4) is 0 Å². The van der Waals surface area contributed by atoms with Crippen molar-refractivity contribution in [3.63, 3.8) is 0 Å². The number of nitrogens with one attached hydrogen (secondary N) is 1. The number of piperidine rings is 1. The molecule has 1 aliphatic heterocycles. The molecule has 0 saturated carbocycles. The molecule has 88 valence electrons. The van der Waals surface area contributed by atoms with Gasteiger partial charge in [0.25, 0.3) is 0 Å². The van der Waals surface area contributed by atoms with E-state index in [-0.39, 0.29) is 0 Å². The van der Waals surface area contributed by atoms with E-state index in [2.05, 4.69) is 36.1 Å². The zero-order valence-corrected chi connectivity index (χ0v) is 10.4. The van der Waals surface area contributed by atoms with E-state index in [1.807, 2.05) is 0 Å². The molecule has 1 spiro atoms. The van der Waals surface area contributed by atoms with E-state index in [4.69, 9.17) is 0 Å². The van der Waals surface area contributed by atoms with Crippen molar-refractivity contribution in [2.75, 3.05) is 13.1 Å². The number of hydrogen-bond donors (Lipinski definition) is 1. The summed E-state index contributed by atoms with van der Waals surface area (Å²) in [5.41, 5.74) is 3.78. The van der Waals surface area contributed by atoms with Crippen LogP contribution in [0.1, 0.15) is 37.8 Å². The quantitative estimate of drug-likeness (QED) is 0.767. The molecule has 3 rings (SSSR count). The number of likely N-dealkylation sites (tertiary alicyclic amines) is 1. The van der Waals surface area contributed by atoms with Gasteiger partial charge in [-0.3, -0.25) is 0 Å². The van der Waals surface area contributed by atoms with Gasteiger partial charge in [-0.05, 0) is 69.2 Å². The predicted molar refractivity (Wildman–Crippen MR) is 66.6 cm³/mol. The van der Waals surface area contributed by atoms with Gasteiger partial charge in [-0.25, -0.2) is 0 Å². The van der Waals surface area contributed by atoms with E-state index in [1.54, 1.807) is 11.1 Å². The van der Waals surface area contributed by atoms with Gasteiger partial charge < -0.3 is 9.88 Å². The molecule has 1 N–H and O–H groups in total. The van der Waals surface area contributed by atoms with E-state index >= 15 is 0 Å². The molecule has 0 atom stereocenters. The largest absolute Gasteiger partial charge is 0.367 e. The Balaban J connectivity index is 1.69. The number of nitrogens with zero attached hydrogens (tertiary/aromatic N) is 1. The van der Waals surface area contributed by atoms with Crippen molar-refractivity contribution in [1.82, 2.24) is 9.88 Å². The highest BCUT2D eigenvalue weighted by Gasteiger charge is 2.40. The Kier molecular flexibility index (Phi) is 2.36. The van der Waals surface area contributed by atoms with Gasteiger partial charge in [0.15, 0.2) is 0 Å². The zero-order chi connectivity index (χ0) is 11.2. The third-order valence-electron chi connectivity index (χ3n) is 4.65. The molecule has 0 aromatic carbocycles. The van der Waals surface area contributed by atoms with Crippen LogP contribution in [0.15, 0.2) is 12.4 Å². The molecule has 2 nitrogen and oxygen atoms in total. The molecule has 1 fully saturated rings. The maximum Gasteiger partial charge on any atom is 0.00404 e. The normalized spacial score (nSPS) is 24.2. The fraction of sp³-hybridized carbons (Fsp3) is 0.714. The molecular formula is C14H22N2. The van der Waals surface area contributed by atoms with Gasteiger partial charge in [-0.2, -0.15) is 0 Å². The average Bonchev–Trinajstić information content (AvgIpc) is 2.77. The Bertz CT molecular complexity index is 347. The molecule has 1 aromatic heterocycles. The fourth-order valence-electron chi connectivity index (χ4n) is 3.50. The molecule has 1 aromatic rings. The highest BCUT2D eigenvalue weighted by Crippen LogP contribution is 2.44. The summed E-state index contributed by atoms with van der Waals surface area (Å²) in [5.74, 6) is 0. The maximum atomic E-state index is 3.24. The van der Waals surface area contributed by atoms with Gasteiger partial charge in [0.05, 0.1) is 0 Å². The molecule has 1 saturated heterocycles. The summed E-state index contributed by atoms with van der Waals surface area (Å²) in [4.78, 5) is 5.86. The topological polar surface area (TPSA) is 19.0 Å². The number of aromatic amines is 1. The van der Waals surface area contributed by atoms with Crippen LogP contribution < -0.4 is 0 Å². The van der Waals surface area contributed by atoms with Crippen LogP contribution in [-0.2, 0) is 12.8 Å². The highest BCUT2D eigenvalue weighted by molar-refractivity contribution is 5.32. The number of hydrogen-bond acceptors (Lipinski definition) is 1. The Morgan fingerprint density at radius 1 is 1.12 bits per heavy atom. The molecular weight excluding hydrogens is 196 g/mol. The molecule has 0 unspecified atom stereocenters. The van der Waals surface area contributed by atoms with Gasteiger partial charge in [0.1, 0.15) is 0 Å². The predicted octanol–water partition coefficient (Wildman–Crippen LogP) is 2.60. The smallest absolute Gasteiger partial charge is 0.00404 e. The van der Waals surface area contributed by atoms with Crippen molar-refractivity contribution < 1.29 is 0 Å². The third kappa shape index (κ3) is 1.60. The lowest BCUT2D eigenvalue weighted by Crippen LogP contribution is -2.43. The van der Waals surface area contributed by atoms with Crippen molar-refractivity contribution in [1.29, 1.82) is 0 Å². The van der Waals surface area contributed by atoms with Crippen LogP contribution in [0.25, 0.3) is 0 Å². The average molecular weight is 218 g/mol. The standard InChI is InChI=1S/C14H22N2/c1-11(2)16-5-3-14(4-6-16)7-12-9-15-10-13(12)8-14/h9-11,15H,3-8H2,1-2H3. The Morgan fingerprint density at radius 3 is 2.19 bits per heavy atom. The molecule has 2 aliphatic rings. The first-order chi connectivity index (χ1) is 7.69. The first-order valence-electron chi connectivity index (χ1n) is 6.57. The van der Waals surface area contributed by atoms with Crippen LogP contribution in [0.4, 0.5) is 0 Å². The van der Waals surface area contributed by atoms with Crippen LogP contribution in [0, 0.1) is 5.41 Å². The monoisotopic (exact) mass is 218 g/mol. The second kappa shape index (κ2) is 3.63. The van der Waals surface area contributed by atoms with E-state index in [1.165, 1.54) is 38.8 Å². The molecule has 0 amide bonds. The molecule has 16 heavy (non-hydrogen) atoms. The summed E-state index contributed by atoms with van der Waals surface area (Å²) < 4.78 is 0. The SMILES string of the molecule is CC(C)N1CCC2(CC1)Cc1c[nH]cc1C2. The summed E-state index contributed by atoms with van der Waals surface area (Å²) in [5, 5.41) is 0. The molecule has 2 heterocycles. The van der Waals surface area contributed by atoms with Gasteiger partial charge in [-0.15, -0.1) is 0 Å². The molecule has 2 heteroatoms. The third-order valence-corrected chi connectivity index (χ3v) is 4.65. The van der Waals surface area contributed by atoms with Crippen LogP contribution in [0.2, 0.25) is 0 Å². The summed E-state index contributed by atoms with van der Waals surface area (Å²) in [6, 6.07) is 0.721. The van der Waals surface area contributed by atoms with E-state index in [9.17, 15) is 0 Å². The van der Waals surface area contributed by atoms with Gasteiger partial charge in [0.2, 0.25) is 0 Å². The Labute approximate surface area is 98.0 Å². The Morgan fingerprint density at radius 2 is 1.69 bits per heavy atom. The lowest BCUT2D eigenvalue weighted by molar-refractivity contribution is 0.0893. The second-order valence-corrected chi connectivity index (χ2v) is 5.99. The van der Waals surface area contributed by atoms with Crippen molar-refractivity contribution in [2.24, 2.45) is 5.41 Å². The van der Waals surface area contributed by atoms with E-state index < -0.39 is 0 Å². The first kappa shape index (κ1) is 10.4. The molecule has 1 aliphatic carbocycles. The minimum Gasteiger partial charge on any atom is -0.367 e. The summed E-state index contributed by atoms with van der Waals surface area (Å²) in [6.45, 7) is 7.23. The van der Waals surface area contributed by atoms with Crippen molar-refractivity contribution >= 4 is 0 Å². The van der Waals surface area contributed by atoms with E-state index in [0.717, 1.165) is 6.04 Å². The maximum absolute atomic E-state index is 3.24. The lowest BCUT2D eigenvalue weighted by Gasteiger charge is -2.41. The summed E-state index contributed by atoms with van der Waals surface area (Å²) >= 11 is 0. The van der Waals surface area contributed by atoms with Crippen LogP contribution >= 0.6 is 0 Å². The zero-order valence-electron chi connectivity index (χ0n) is 10.4. The van der Waals surface area contributed by atoms with Crippen molar-refractivity contribution in [2.45, 2.75) is 45.6 Å². The Hall–Kier alpha value is -0.760. The van der Waals surface area contributed by atoms with Gasteiger partial charge in [-0.1, -0.05) is 0 Å². The minimum absolute atomic E-state index is 0.616. The van der Waals surface area contributed by atoms with Gasteiger partial charge >= 0.3 is 0 Å². The minimum atomic E-state index is 0.616. The molecule has 0 bridgehead atoms. The fourth-order valence-corrected chi connectivity index (χ4v) is 3.50. The van der Waals surface area contributed by atoms with Crippen molar-refractivity contribution in [3.05, 3.63) is 23.5 Å². The van der Waals surface area contributed by atoms with Gasteiger partial charge in [0, 0.05) is 18.4 Å². The summed E-state index contributed by atoms with van der Waals surface area (Å²) in [7, 11) is 0. The number of rotatable bonds is 1. The van der Waals surface area contributed by atoms with Crippen LogP contribution in [0.5, 0.6) is 0 Å². The van der Waals surface area contributed by atoms with E-state index in [0.29, 0.717) is 5.41 Å². The number of H-pyrrole nitrogens is 1. The second-order valence-electron chi connectivity index (χ2n) is 5.99. The summed E-state index contributed by atoms with van der Waals surface area (Å²) in [6.07, 6.45) is 9.83. The first-order valence-corrected chi connectivity index (χ1v) is 6.57. The molecule has 0 radical (unpaired) electrons. The lowest BCUT2D eigenvalue weighted by atomic mass is 9.75. The number of fused-ring (bicyclic) bond motifs is 1. The highest BCUT2D eigenvalue weighted by atomic mass is 15.2.